The molecule has 1 N–H and O–H groups in total. The van der Waals surface area contributed by atoms with Crippen LogP contribution in [0.15, 0.2) is 24.3 Å². The Morgan fingerprint density at radius 2 is 2.29 bits per heavy atom. The van der Waals surface area contributed by atoms with E-state index < -0.39 is 5.97 Å². The zero-order chi connectivity index (χ0) is 12.4. The summed E-state index contributed by atoms with van der Waals surface area (Å²) in [6.45, 7) is 0.457. The first kappa shape index (κ1) is 11.2. The molecule has 86 valence electrons. The van der Waals surface area contributed by atoms with Crippen LogP contribution in [0.4, 0.5) is 5.69 Å². The van der Waals surface area contributed by atoms with Crippen LogP contribution in [0.2, 0.25) is 0 Å². The summed E-state index contributed by atoms with van der Waals surface area (Å²) in [6, 6.07) is 6.31. The molecule has 1 aromatic carbocycles. The van der Waals surface area contributed by atoms with Gasteiger partial charge in [-0.05, 0) is 18.2 Å². The van der Waals surface area contributed by atoms with Crippen LogP contribution in [0.5, 0.6) is 0 Å². The Hall–Kier alpha value is -2.28. The molecule has 1 amide bonds. The number of hydrogen-bond donors (Lipinski definition) is 1. The Morgan fingerprint density at radius 1 is 1.53 bits per heavy atom. The van der Waals surface area contributed by atoms with Gasteiger partial charge < -0.3 is 10.0 Å². The molecular weight excluding hydrogens is 218 g/mol. The highest BCUT2D eigenvalue weighted by Gasteiger charge is 2.29. The molecule has 1 aromatic rings. The third kappa shape index (κ3) is 2.13. The number of carboxylic acid groups (broad SMARTS) is 1. The van der Waals surface area contributed by atoms with E-state index in [4.69, 9.17) is 11.5 Å². The fourth-order valence-electron chi connectivity index (χ4n) is 1.88. The first-order valence-corrected chi connectivity index (χ1v) is 5.21. The summed E-state index contributed by atoms with van der Waals surface area (Å²) in [5.41, 5.74) is 0.757. The van der Waals surface area contributed by atoms with Gasteiger partial charge in [0.25, 0.3) is 0 Å². The summed E-state index contributed by atoms with van der Waals surface area (Å²) in [5.74, 6) is 1.40. The van der Waals surface area contributed by atoms with Crippen LogP contribution in [-0.2, 0) is 4.79 Å². The van der Waals surface area contributed by atoms with E-state index in [2.05, 4.69) is 5.92 Å². The lowest BCUT2D eigenvalue weighted by atomic mass is 10.1. The number of rotatable bonds is 2. The minimum absolute atomic E-state index is 0.0597. The molecule has 0 spiro atoms. The van der Waals surface area contributed by atoms with Crippen molar-refractivity contribution in [3.05, 3.63) is 29.8 Å². The summed E-state index contributed by atoms with van der Waals surface area (Å²) < 4.78 is 0. The highest BCUT2D eigenvalue weighted by molar-refractivity contribution is 5.97. The number of amides is 1. The average molecular weight is 229 g/mol. The number of carbonyl (C=O) groups excluding carboxylic acids is 1. The Morgan fingerprint density at radius 3 is 2.88 bits per heavy atom. The van der Waals surface area contributed by atoms with Crippen molar-refractivity contribution in [1.29, 1.82) is 0 Å². The molecule has 4 nitrogen and oxygen atoms in total. The molecule has 0 saturated carbocycles. The summed E-state index contributed by atoms with van der Waals surface area (Å²) in [5, 5.41) is 8.88. The normalized spacial score (nSPS) is 19.1. The maximum atomic E-state index is 11.7. The van der Waals surface area contributed by atoms with Crippen LogP contribution in [0.1, 0.15) is 16.8 Å². The van der Waals surface area contributed by atoms with Crippen LogP contribution in [0.25, 0.3) is 0 Å². The molecule has 1 fully saturated rings. The topological polar surface area (TPSA) is 57.6 Å². The molecule has 1 atom stereocenters. The molecule has 4 heteroatoms. The fraction of sp³-hybridized carbons (Fsp3) is 0.231. The van der Waals surface area contributed by atoms with E-state index >= 15 is 0 Å². The molecule has 1 unspecified atom stereocenters. The SMILES string of the molecule is C#CC1CC(=O)N(c2cccc(C(=O)O)c2)C1. The summed E-state index contributed by atoms with van der Waals surface area (Å²) in [4.78, 5) is 24.1. The van der Waals surface area contributed by atoms with Crippen molar-refractivity contribution in [1.82, 2.24) is 0 Å². The van der Waals surface area contributed by atoms with Gasteiger partial charge in [-0.2, -0.15) is 0 Å². The van der Waals surface area contributed by atoms with E-state index in [0.29, 0.717) is 18.7 Å². The second-order valence-electron chi connectivity index (χ2n) is 3.93. The molecule has 1 aliphatic heterocycles. The third-order valence-electron chi connectivity index (χ3n) is 2.77. The second-order valence-corrected chi connectivity index (χ2v) is 3.93. The molecule has 0 aromatic heterocycles. The highest BCUT2D eigenvalue weighted by atomic mass is 16.4. The van der Waals surface area contributed by atoms with Crippen molar-refractivity contribution in [2.24, 2.45) is 5.92 Å². The van der Waals surface area contributed by atoms with Crippen LogP contribution in [-0.4, -0.2) is 23.5 Å². The van der Waals surface area contributed by atoms with E-state index in [1.165, 1.54) is 17.0 Å². The molecule has 0 bridgehead atoms. The number of carboxylic acids is 1. The summed E-state index contributed by atoms with van der Waals surface area (Å²) in [6.07, 6.45) is 5.62. The van der Waals surface area contributed by atoms with Gasteiger partial charge >= 0.3 is 5.97 Å². The number of benzene rings is 1. The molecule has 2 rings (SSSR count). The van der Waals surface area contributed by atoms with Crippen molar-refractivity contribution in [2.45, 2.75) is 6.42 Å². The number of anilines is 1. The minimum atomic E-state index is -1.01. The predicted molar refractivity (Wildman–Crippen MR) is 62.7 cm³/mol. The van der Waals surface area contributed by atoms with Crippen LogP contribution in [0, 0.1) is 18.3 Å². The molecule has 1 aliphatic rings. The first-order chi connectivity index (χ1) is 8.11. The largest absolute Gasteiger partial charge is 0.478 e. The lowest BCUT2D eigenvalue weighted by Gasteiger charge is -2.16. The van der Waals surface area contributed by atoms with Crippen LogP contribution < -0.4 is 4.90 Å². The van der Waals surface area contributed by atoms with Gasteiger partial charge in [-0.25, -0.2) is 4.79 Å². The monoisotopic (exact) mass is 229 g/mol. The number of terminal acetylenes is 1. The van der Waals surface area contributed by atoms with Gasteiger partial charge in [-0.3, -0.25) is 4.79 Å². The van der Waals surface area contributed by atoms with Crippen molar-refractivity contribution in [3.8, 4) is 12.3 Å². The smallest absolute Gasteiger partial charge is 0.335 e. The minimum Gasteiger partial charge on any atom is -0.478 e. The second kappa shape index (κ2) is 4.30. The third-order valence-corrected chi connectivity index (χ3v) is 2.77. The lowest BCUT2D eigenvalue weighted by Crippen LogP contribution is -2.24. The van der Waals surface area contributed by atoms with E-state index in [1.54, 1.807) is 12.1 Å². The first-order valence-electron chi connectivity index (χ1n) is 5.21. The Balaban J connectivity index is 2.29. The highest BCUT2D eigenvalue weighted by Crippen LogP contribution is 2.25. The van der Waals surface area contributed by atoms with E-state index in [0.717, 1.165) is 0 Å². The fourth-order valence-corrected chi connectivity index (χ4v) is 1.88. The standard InChI is InChI=1S/C13H11NO3/c1-2-9-6-12(15)14(8-9)11-5-3-4-10(7-11)13(16)17/h1,3-5,7,9H,6,8H2,(H,16,17). The number of nitrogens with zero attached hydrogens (tertiary/aromatic N) is 1. The molecule has 0 aliphatic carbocycles. The van der Waals surface area contributed by atoms with Gasteiger partial charge in [0, 0.05) is 24.6 Å². The maximum Gasteiger partial charge on any atom is 0.335 e. The summed E-state index contributed by atoms with van der Waals surface area (Å²) >= 11 is 0. The molecule has 1 saturated heterocycles. The number of hydrogen-bond acceptors (Lipinski definition) is 2. The van der Waals surface area contributed by atoms with Gasteiger partial charge in [0.2, 0.25) is 5.91 Å². The number of aromatic carboxylic acids is 1. The number of carbonyl (C=O) groups is 2. The Bertz CT molecular complexity index is 516. The summed E-state index contributed by atoms with van der Waals surface area (Å²) in [7, 11) is 0. The quantitative estimate of drug-likeness (QED) is 0.779. The zero-order valence-electron chi connectivity index (χ0n) is 9.09. The van der Waals surface area contributed by atoms with Gasteiger partial charge in [0.05, 0.1) is 5.56 Å². The van der Waals surface area contributed by atoms with Crippen molar-refractivity contribution >= 4 is 17.6 Å². The van der Waals surface area contributed by atoms with Crippen molar-refractivity contribution in [2.75, 3.05) is 11.4 Å². The predicted octanol–water partition coefficient (Wildman–Crippen LogP) is 1.37. The lowest BCUT2D eigenvalue weighted by molar-refractivity contribution is -0.117. The van der Waals surface area contributed by atoms with E-state index in [-0.39, 0.29) is 17.4 Å². The van der Waals surface area contributed by atoms with Crippen LogP contribution >= 0.6 is 0 Å². The van der Waals surface area contributed by atoms with E-state index in [9.17, 15) is 9.59 Å². The van der Waals surface area contributed by atoms with Crippen molar-refractivity contribution < 1.29 is 14.7 Å². The Labute approximate surface area is 98.9 Å². The van der Waals surface area contributed by atoms with Gasteiger partial charge in [-0.15, -0.1) is 12.3 Å². The van der Waals surface area contributed by atoms with Crippen LogP contribution in [0.3, 0.4) is 0 Å². The molecular formula is C13H11NO3. The van der Waals surface area contributed by atoms with Gasteiger partial charge in [0.15, 0.2) is 0 Å². The molecule has 0 radical (unpaired) electrons. The van der Waals surface area contributed by atoms with Crippen molar-refractivity contribution in [3.63, 3.8) is 0 Å². The van der Waals surface area contributed by atoms with Gasteiger partial charge in [-0.1, -0.05) is 6.07 Å². The maximum absolute atomic E-state index is 11.7. The Kier molecular flexibility index (Phi) is 2.84. The molecule has 1 heterocycles. The molecule has 17 heavy (non-hydrogen) atoms. The van der Waals surface area contributed by atoms with E-state index in [1.807, 2.05) is 0 Å². The average Bonchev–Trinajstić information content (AvgIpc) is 2.71. The zero-order valence-corrected chi connectivity index (χ0v) is 9.09. The van der Waals surface area contributed by atoms with Gasteiger partial charge in [0.1, 0.15) is 0 Å².